The number of allylic oxidation sites excluding steroid dienone is 1. The molecule has 1 aromatic carbocycles. The van der Waals surface area contributed by atoms with Gasteiger partial charge in [0, 0.05) is 24.7 Å². The first-order chi connectivity index (χ1) is 13.4. The first kappa shape index (κ1) is 20.6. The van der Waals surface area contributed by atoms with E-state index in [1.807, 2.05) is 41.8 Å². The quantitative estimate of drug-likeness (QED) is 0.481. The third kappa shape index (κ3) is 4.64. The van der Waals surface area contributed by atoms with Gasteiger partial charge in [-0.3, -0.25) is 9.36 Å². The van der Waals surface area contributed by atoms with Crippen LogP contribution in [0.5, 0.6) is 0 Å². The topological polar surface area (TPSA) is 85.2 Å². The van der Waals surface area contributed by atoms with Crippen LogP contribution in [0.2, 0.25) is 0 Å². The Morgan fingerprint density at radius 3 is 2.71 bits per heavy atom. The number of carbonyl (C=O) groups is 1. The molecule has 2 aromatic rings. The molecule has 1 amide bonds. The number of thioether (sulfide) groups is 1. The largest absolute Gasteiger partial charge is 0.338 e. The van der Waals surface area contributed by atoms with Gasteiger partial charge in [-0.2, -0.15) is 0 Å². The Morgan fingerprint density at radius 2 is 2.11 bits per heavy atom. The molecule has 0 spiro atoms. The highest BCUT2D eigenvalue weighted by Crippen LogP contribution is 2.25. The van der Waals surface area contributed by atoms with Crippen LogP contribution in [0.1, 0.15) is 13.3 Å². The number of sulfone groups is 1. The van der Waals surface area contributed by atoms with Crippen molar-refractivity contribution in [1.82, 2.24) is 19.7 Å². The molecule has 0 aliphatic carbocycles. The number of carbonyl (C=O) groups excluding carboxylic acids is 1. The average Bonchev–Trinajstić information content (AvgIpc) is 3.24. The summed E-state index contributed by atoms with van der Waals surface area (Å²) in [5.41, 5.74) is 0.946. The fraction of sp³-hybridized carbons (Fsp3) is 0.421. The first-order valence-electron chi connectivity index (χ1n) is 9.17. The standard InChI is InChI=1S/C19H24N4O3S2/c1-3-11-23-18(15-8-6-5-7-9-15)20-21-19(23)27-13-17(24)22(4-2)16-10-12-28(25,26)14-16/h3,5-9,16H,1,4,10-14H2,2H3/t16-/m1/s1. The number of aromatic nitrogens is 3. The summed E-state index contributed by atoms with van der Waals surface area (Å²) in [7, 11) is -3.03. The second kappa shape index (κ2) is 8.91. The van der Waals surface area contributed by atoms with Crippen molar-refractivity contribution in [3.8, 4) is 11.4 Å². The summed E-state index contributed by atoms with van der Waals surface area (Å²) in [6, 6.07) is 9.51. The van der Waals surface area contributed by atoms with E-state index in [2.05, 4.69) is 16.8 Å². The summed E-state index contributed by atoms with van der Waals surface area (Å²) in [6.45, 7) is 6.70. The summed E-state index contributed by atoms with van der Waals surface area (Å²) in [6.07, 6.45) is 2.28. The maximum absolute atomic E-state index is 12.7. The van der Waals surface area contributed by atoms with E-state index in [4.69, 9.17) is 0 Å². The molecule has 0 unspecified atom stereocenters. The minimum absolute atomic E-state index is 0.0576. The van der Waals surface area contributed by atoms with Gasteiger partial charge in [0.25, 0.3) is 0 Å². The molecule has 0 radical (unpaired) electrons. The minimum Gasteiger partial charge on any atom is -0.338 e. The zero-order valence-electron chi connectivity index (χ0n) is 15.8. The Bertz CT molecular complexity index is 941. The molecule has 3 rings (SSSR count). The highest BCUT2D eigenvalue weighted by Gasteiger charge is 2.33. The normalized spacial score (nSPS) is 18.1. The van der Waals surface area contributed by atoms with Crippen molar-refractivity contribution in [3.05, 3.63) is 43.0 Å². The Kier molecular flexibility index (Phi) is 6.56. The van der Waals surface area contributed by atoms with Gasteiger partial charge in [-0.05, 0) is 13.3 Å². The summed E-state index contributed by atoms with van der Waals surface area (Å²) in [5.74, 6) is 1.05. The zero-order valence-corrected chi connectivity index (χ0v) is 17.5. The van der Waals surface area contributed by atoms with E-state index in [1.165, 1.54) is 11.8 Å². The van der Waals surface area contributed by atoms with Crippen molar-refractivity contribution in [2.75, 3.05) is 23.8 Å². The lowest BCUT2D eigenvalue weighted by molar-refractivity contribution is -0.129. The highest BCUT2D eigenvalue weighted by molar-refractivity contribution is 7.99. The summed E-state index contributed by atoms with van der Waals surface area (Å²) < 4.78 is 25.4. The molecule has 2 heterocycles. The molecule has 7 nitrogen and oxygen atoms in total. The van der Waals surface area contributed by atoms with Gasteiger partial charge < -0.3 is 4.90 Å². The van der Waals surface area contributed by atoms with Crippen molar-refractivity contribution in [2.24, 2.45) is 0 Å². The first-order valence-corrected chi connectivity index (χ1v) is 12.0. The van der Waals surface area contributed by atoms with Crippen LogP contribution in [0.25, 0.3) is 11.4 Å². The second-order valence-corrected chi connectivity index (χ2v) is 9.77. The van der Waals surface area contributed by atoms with Crippen LogP contribution in [-0.2, 0) is 21.2 Å². The predicted octanol–water partition coefficient (Wildman–Crippen LogP) is 2.26. The Hall–Kier alpha value is -2.13. The average molecular weight is 421 g/mol. The smallest absolute Gasteiger partial charge is 0.233 e. The van der Waals surface area contributed by atoms with Crippen LogP contribution < -0.4 is 0 Å². The molecule has 0 saturated carbocycles. The molecular formula is C19H24N4O3S2. The van der Waals surface area contributed by atoms with E-state index < -0.39 is 9.84 Å². The summed E-state index contributed by atoms with van der Waals surface area (Å²) >= 11 is 1.31. The molecule has 0 bridgehead atoms. The maximum Gasteiger partial charge on any atom is 0.233 e. The lowest BCUT2D eigenvalue weighted by Gasteiger charge is -2.26. The molecule has 1 aliphatic heterocycles. The number of rotatable bonds is 8. The fourth-order valence-corrected chi connectivity index (χ4v) is 5.92. The molecule has 9 heteroatoms. The lowest BCUT2D eigenvalue weighted by atomic mass is 10.2. The molecule has 1 atom stereocenters. The minimum atomic E-state index is -3.03. The Morgan fingerprint density at radius 1 is 1.36 bits per heavy atom. The molecule has 1 aliphatic rings. The SMILES string of the molecule is C=CCn1c(SCC(=O)N(CC)[C@@H]2CCS(=O)(=O)C2)nnc1-c1ccccc1. The number of hydrogen-bond acceptors (Lipinski definition) is 6. The monoisotopic (exact) mass is 420 g/mol. The molecule has 1 fully saturated rings. The van der Waals surface area contributed by atoms with E-state index in [-0.39, 0.29) is 29.2 Å². The maximum atomic E-state index is 12.7. The molecular weight excluding hydrogens is 396 g/mol. The van der Waals surface area contributed by atoms with Gasteiger partial charge >= 0.3 is 0 Å². The van der Waals surface area contributed by atoms with E-state index in [1.54, 1.807) is 11.0 Å². The van der Waals surface area contributed by atoms with E-state index in [9.17, 15) is 13.2 Å². The third-order valence-corrected chi connectivity index (χ3v) is 7.40. The van der Waals surface area contributed by atoms with Gasteiger partial charge in [-0.1, -0.05) is 48.2 Å². The van der Waals surface area contributed by atoms with E-state index in [0.717, 1.165) is 11.4 Å². The van der Waals surface area contributed by atoms with Crippen molar-refractivity contribution in [2.45, 2.75) is 31.1 Å². The van der Waals surface area contributed by atoms with Crippen LogP contribution in [0.3, 0.4) is 0 Å². The molecule has 0 N–H and O–H groups in total. The Labute approximate surface area is 169 Å². The second-order valence-electron chi connectivity index (χ2n) is 6.60. The third-order valence-electron chi connectivity index (χ3n) is 4.70. The molecule has 150 valence electrons. The number of amides is 1. The van der Waals surface area contributed by atoms with Crippen LogP contribution in [-0.4, -0.2) is 63.8 Å². The van der Waals surface area contributed by atoms with Gasteiger partial charge in [0.1, 0.15) is 0 Å². The highest BCUT2D eigenvalue weighted by atomic mass is 32.2. The van der Waals surface area contributed by atoms with Gasteiger partial charge in [0.15, 0.2) is 20.8 Å². The summed E-state index contributed by atoms with van der Waals surface area (Å²) in [5, 5.41) is 9.18. The van der Waals surface area contributed by atoms with Crippen molar-refractivity contribution < 1.29 is 13.2 Å². The summed E-state index contributed by atoms with van der Waals surface area (Å²) in [4.78, 5) is 14.4. The van der Waals surface area contributed by atoms with Gasteiger partial charge in [0.05, 0.1) is 17.3 Å². The van der Waals surface area contributed by atoms with Crippen molar-refractivity contribution in [1.29, 1.82) is 0 Å². The number of benzene rings is 1. The van der Waals surface area contributed by atoms with Crippen molar-refractivity contribution >= 4 is 27.5 Å². The van der Waals surface area contributed by atoms with Crippen LogP contribution in [0.15, 0.2) is 48.1 Å². The van der Waals surface area contributed by atoms with Crippen LogP contribution >= 0.6 is 11.8 Å². The molecule has 1 saturated heterocycles. The zero-order chi connectivity index (χ0) is 20.1. The van der Waals surface area contributed by atoms with Gasteiger partial charge in [-0.25, -0.2) is 8.42 Å². The van der Waals surface area contributed by atoms with Crippen LogP contribution in [0, 0.1) is 0 Å². The predicted molar refractivity (Wildman–Crippen MR) is 111 cm³/mol. The fourth-order valence-electron chi connectivity index (χ4n) is 3.36. The number of hydrogen-bond donors (Lipinski definition) is 0. The van der Waals surface area contributed by atoms with E-state index in [0.29, 0.717) is 24.7 Å². The molecule has 1 aromatic heterocycles. The lowest BCUT2D eigenvalue weighted by Crippen LogP contribution is -2.42. The van der Waals surface area contributed by atoms with Gasteiger partial charge in [-0.15, -0.1) is 16.8 Å². The Balaban J connectivity index is 1.72. The molecule has 28 heavy (non-hydrogen) atoms. The van der Waals surface area contributed by atoms with Crippen molar-refractivity contribution in [3.63, 3.8) is 0 Å². The van der Waals surface area contributed by atoms with Crippen LogP contribution in [0.4, 0.5) is 0 Å². The van der Waals surface area contributed by atoms with Gasteiger partial charge in [0.2, 0.25) is 5.91 Å². The number of nitrogens with zero attached hydrogens (tertiary/aromatic N) is 4. The van der Waals surface area contributed by atoms with E-state index >= 15 is 0 Å².